The number of pyridine rings is 1. The molecule has 21 heavy (non-hydrogen) atoms. The van der Waals surface area contributed by atoms with Crippen molar-refractivity contribution in [3.05, 3.63) is 35.5 Å². The third kappa shape index (κ3) is 3.13. The molecule has 0 bridgehead atoms. The Morgan fingerprint density at radius 1 is 1.38 bits per heavy atom. The van der Waals surface area contributed by atoms with Crippen molar-refractivity contribution in [3.63, 3.8) is 0 Å². The number of carbonyl (C=O) groups excluding carboxylic acids is 1. The molecule has 1 N–H and O–H groups in total. The SMILES string of the molecule is COC(=O)Cc1c(C)nc2ccccc2c1N(C)CCO. The molecule has 0 fully saturated rings. The number of esters is 1. The fourth-order valence-electron chi connectivity index (χ4n) is 2.48. The number of ether oxygens (including phenoxy) is 1. The molecule has 0 amide bonds. The summed E-state index contributed by atoms with van der Waals surface area (Å²) in [6.45, 7) is 2.42. The Balaban J connectivity index is 2.66. The highest BCUT2D eigenvalue weighted by Gasteiger charge is 2.18. The number of aliphatic hydroxyl groups is 1. The molecular formula is C16H20N2O3. The van der Waals surface area contributed by atoms with Crippen LogP contribution in [0.15, 0.2) is 24.3 Å². The maximum absolute atomic E-state index is 11.7. The summed E-state index contributed by atoms with van der Waals surface area (Å²) in [7, 11) is 3.28. The van der Waals surface area contributed by atoms with E-state index in [1.54, 1.807) is 0 Å². The van der Waals surface area contributed by atoms with Gasteiger partial charge in [-0.15, -0.1) is 0 Å². The Morgan fingerprint density at radius 2 is 2.10 bits per heavy atom. The highest BCUT2D eigenvalue weighted by molar-refractivity contribution is 5.95. The van der Waals surface area contributed by atoms with Crippen molar-refractivity contribution in [2.24, 2.45) is 0 Å². The van der Waals surface area contributed by atoms with E-state index in [2.05, 4.69) is 4.98 Å². The predicted octanol–water partition coefficient (Wildman–Crippen LogP) is 1.69. The summed E-state index contributed by atoms with van der Waals surface area (Å²) >= 11 is 0. The molecule has 2 rings (SSSR count). The van der Waals surface area contributed by atoms with Crippen LogP contribution in [0.1, 0.15) is 11.3 Å². The molecule has 0 unspecified atom stereocenters. The number of methoxy groups -OCH3 is 1. The largest absolute Gasteiger partial charge is 0.469 e. The molecule has 0 atom stereocenters. The number of aliphatic hydroxyl groups excluding tert-OH is 1. The molecule has 1 aromatic carbocycles. The summed E-state index contributed by atoms with van der Waals surface area (Å²) in [6, 6.07) is 7.80. The van der Waals surface area contributed by atoms with Gasteiger partial charge < -0.3 is 14.7 Å². The Hall–Kier alpha value is -2.14. The molecule has 1 heterocycles. The third-order valence-electron chi connectivity index (χ3n) is 3.54. The maximum Gasteiger partial charge on any atom is 0.310 e. The minimum Gasteiger partial charge on any atom is -0.469 e. The van der Waals surface area contributed by atoms with Gasteiger partial charge in [0, 0.05) is 30.2 Å². The van der Waals surface area contributed by atoms with E-state index in [4.69, 9.17) is 4.74 Å². The van der Waals surface area contributed by atoms with Crippen molar-refractivity contribution in [3.8, 4) is 0 Å². The summed E-state index contributed by atoms with van der Waals surface area (Å²) in [5, 5.41) is 10.2. The molecule has 0 spiro atoms. The van der Waals surface area contributed by atoms with E-state index in [9.17, 15) is 9.90 Å². The third-order valence-corrected chi connectivity index (χ3v) is 3.54. The molecule has 0 saturated heterocycles. The molecule has 2 aromatic rings. The van der Waals surface area contributed by atoms with Crippen LogP contribution in [0.4, 0.5) is 5.69 Å². The van der Waals surface area contributed by atoms with Crippen LogP contribution < -0.4 is 4.90 Å². The van der Waals surface area contributed by atoms with Gasteiger partial charge in [-0.1, -0.05) is 18.2 Å². The number of anilines is 1. The van der Waals surface area contributed by atoms with Crippen molar-refractivity contribution in [1.29, 1.82) is 0 Å². The molecule has 5 nitrogen and oxygen atoms in total. The average Bonchev–Trinajstić information content (AvgIpc) is 2.47. The van der Waals surface area contributed by atoms with Crippen LogP contribution in [-0.2, 0) is 16.0 Å². The highest BCUT2D eigenvalue weighted by atomic mass is 16.5. The van der Waals surface area contributed by atoms with Gasteiger partial charge in [0.15, 0.2) is 0 Å². The van der Waals surface area contributed by atoms with Gasteiger partial charge in [-0.25, -0.2) is 0 Å². The maximum atomic E-state index is 11.7. The van der Waals surface area contributed by atoms with E-state index in [1.807, 2.05) is 43.1 Å². The standard InChI is InChI=1S/C16H20N2O3/c1-11-13(10-15(20)21-3)16(18(2)8-9-19)12-6-4-5-7-14(12)17-11/h4-7,19H,8-10H2,1-3H3. The van der Waals surface area contributed by atoms with Gasteiger partial charge in [-0.3, -0.25) is 9.78 Å². The molecule has 0 aliphatic heterocycles. The molecule has 0 saturated carbocycles. The van der Waals surface area contributed by atoms with Crippen molar-refractivity contribution in [2.75, 3.05) is 32.2 Å². The summed E-state index contributed by atoms with van der Waals surface area (Å²) in [4.78, 5) is 18.2. The zero-order chi connectivity index (χ0) is 15.4. The molecule has 5 heteroatoms. The number of hydrogen-bond donors (Lipinski definition) is 1. The summed E-state index contributed by atoms with van der Waals surface area (Å²) in [5.41, 5.74) is 3.45. The second-order valence-electron chi connectivity index (χ2n) is 4.94. The second kappa shape index (κ2) is 6.54. The van der Waals surface area contributed by atoms with Crippen molar-refractivity contribution in [1.82, 2.24) is 4.98 Å². The summed E-state index contributed by atoms with van der Waals surface area (Å²) < 4.78 is 4.78. The normalized spacial score (nSPS) is 10.7. The second-order valence-corrected chi connectivity index (χ2v) is 4.94. The van der Waals surface area contributed by atoms with E-state index >= 15 is 0 Å². The lowest BCUT2D eigenvalue weighted by molar-refractivity contribution is -0.139. The van der Waals surface area contributed by atoms with Crippen LogP contribution in [0, 0.1) is 6.92 Å². The minimum atomic E-state index is -0.297. The van der Waals surface area contributed by atoms with Crippen LogP contribution in [-0.4, -0.2) is 43.4 Å². The van der Waals surface area contributed by atoms with E-state index in [1.165, 1.54) is 7.11 Å². The first kappa shape index (κ1) is 15.3. The molecule has 1 aromatic heterocycles. The van der Waals surface area contributed by atoms with Crippen molar-refractivity contribution >= 4 is 22.6 Å². The van der Waals surface area contributed by atoms with Crippen LogP contribution in [0.2, 0.25) is 0 Å². The monoisotopic (exact) mass is 288 g/mol. The fourth-order valence-corrected chi connectivity index (χ4v) is 2.48. The quantitative estimate of drug-likeness (QED) is 0.848. The lowest BCUT2D eigenvalue weighted by atomic mass is 10.0. The highest BCUT2D eigenvalue weighted by Crippen LogP contribution is 2.31. The van der Waals surface area contributed by atoms with E-state index < -0.39 is 0 Å². The Labute approximate surface area is 124 Å². The smallest absolute Gasteiger partial charge is 0.310 e. The van der Waals surface area contributed by atoms with E-state index in [0.29, 0.717) is 6.54 Å². The predicted molar refractivity (Wildman–Crippen MR) is 82.6 cm³/mol. The van der Waals surface area contributed by atoms with Crippen LogP contribution in [0.25, 0.3) is 10.9 Å². The minimum absolute atomic E-state index is 0.0455. The lowest BCUT2D eigenvalue weighted by Gasteiger charge is -2.24. The molecule has 0 aliphatic rings. The number of aryl methyl sites for hydroxylation is 1. The number of benzene rings is 1. The molecular weight excluding hydrogens is 268 g/mol. The van der Waals surface area contributed by atoms with Gasteiger partial charge in [0.05, 0.1) is 31.3 Å². The number of nitrogens with zero attached hydrogens (tertiary/aromatic N) is 2. The zero-order valence-electron chi connectivity index (χ0n) is 12.6. The Bertz CT molecular complexity index is 655. The molecule has 0 aliphatic carbocycles. The van der Waals surface area contributed by atoms with Gasteiger partial charge in [0.2, 0.25) is 0 Å². The van der Waals surface area contributed by atoms with Crippen molar-refractivity contribution < 1.29 is 14.6 Å². The van der Waals surface area contributed by atoms with Gasteiger partial charge in [0.1, 0.15) is 0 Å². The van der Waals surface area contributed by atoms with Crippen LogP contribution in [0.3, 0.4) is 0 Å². The first-order valence-corrected chi connectivity index (χ1v) is 6.85. The first-order chi connectivity index (χ1) is 10.1. The number of aromatic nitrogens is 1. The summed E-state index contributed by atoms with van der Waals surface area (Å²) in [6.07, 6.45) is 0.172. The number of para-hydroxylation sites is 1. The Kier molecular flexibility index (Phi) is 4.75. The Morgan fingerprint density at radius 3 is 2.76 bits per heavy atom. The molecule has 112 valence electrons. The number of carbonyl (C=O) groups is 1. The van der Waals surface area contributed by atoms with Crippen molar-refractivity contribution in [2.45, 2.75) is 13.3 Å². The van der Waals surface area contributed by atoms with Crippen LogP contribution >= 0.6 is 0 Å². The zero-order valence-corrected chi connectivity index (χ0v) is 12.6. The van der Waals surface area contributed by atoms with Crippen LogP contribution in [0.5, 0.6) is 0 Å². The number of likely N-dealkylation sites (N-methyl/N-ethyl adjacent to an activating group) is 1. The lowest BCUT2D eigenvalue weighted by Crippen LogP contribution is -2.24. The van der Waals surface area contributed by atoms with E-state index in [0.717, 1.165) is 27.8 Å². The summed E-state index contributed by atoms with van der Waals surface area (Å²) in [5.74, 6) is -0.297. The van der Waals surface area contributed by atoms with Gasteiger partial charge in [-0.2, -0.15) is 0 Å². The topological polar surface area (TPSA) is 62.7 Å². The molecule has 0 radical (unpaired) electrons. The average molecular weight is 288 g/mol. The van der Waals surface area contributed by atoms with Gasteiger partial charge >= 0.3 is 5.97 Å². The van der Waals surface area contributed by atoms with Gasteiger partial charge in [-0.05, 0) is 13.0 Å². The number of fused-ring (bicyclic) bond motifs is 1. The van der Waals surface area contributed by atoms with E-state index in [-0.39, 0.29) is 19.0 Å². The fraction of sp³-hybridized carbons (Fsp3) is 0.375. The van der Waals surface area contributed by atoms with Gasteiger partial charge in [0.25, 0.3) is 0 Å². The first-order valence-electron chi connectivity index (χ1n) is 6.85. The number of rotatable bonds is 5. The number of hydrogen-bond acceptors (Lipinski definition) is 5.